The van der Waals surface area contributed by atoms with E-state index in [2.05, 4.69) is 5.32 Å². The van der Waals surface area contributed by atoms with Crippen LogP contribution in [0.4, 0.5) is 23.2 Å². The van der Waals surface area contributed by atoms with Gasteiger partial charge in [-0.3, -0.25) is 4.79 Å². The van der Waals surface area contributed by atoms with Crippen molar-refractivity contribution in [2.24, 2.45) is 0 Å². The summed E-state index contributed by atoms with van der Waals surface area (Å²) in [6.45, 7) is 4.21. The number of fused-ring (bicyclic) bond motifs is 1. The molecule has 1 aliphatic heterocycles. The predicted octanol–water partition coefficient (Wildman–Crippen LogP) is 6.55. The third-order valence-corrected chi connectivity index (χ3v) is 8.68. The van der Waals surface area contributed by atoms with Crippen molar-refractivity contribution < 1.29 is 30.8 Å². The van der Waals surface area contributed by atoms with Gasteiger partial charge in [0.1, 0.15) is 5.82 Å². The van der Waals surface area contributed by atoms with E-state index < -0.39 is 45.5 Å². The molecule has 0 spiro atoms. The molecule has 0 aliphatic carbocycles. The molecule has 0 saturated carbocycles. The number of rotatable bonds is 6. The van der Waals surface area contributed by atoms with E-state index in [9.17, 15) is 30.8 Å². The fourth-order valence-corrected chi connectivity index (χ4v) is 6.05. The number of amides is 1. The van der Waals surface area contributed by atoms with Crippen LogP contribution >= 0.6 is 11.6 Å². The van der Waals surface area contributed by atoms with Crippen LogP contribution in [-0.4, -0.2) is 25.2 Å². The van der Waals surface area contributed by atoms with Crippen LogP contribution in [0.15, 0.2) is 59.5 Å². The van der Waals surface area contributed by atoms with Gasteiger partial charge in [0.05, 0.1) is 27.6 Å². The lowest BCUT2D eigenvalue weighted by molar-refractivity contribution is -0.140. The zero-order valence-corrected chi connectivity index (χ0v) is 22.1. The second-order valence-corrected chi connectivity index (χ2v) is 11.7. The highest BCUT2D eigenvalue weighted by molar-refractivity contribution is 7.89. The van der Waals surface area contributed by atoms with Crippen molar-refractivity contribution in [3.63, 3.8) is 0 Å². The molecule has 0 saturated heterocycles. The smallest absolute Gasteiger partial charge is 0.324 e. The lowest BCUT2D eigenvalue weighted by Crippen LogP contribution is -2.36. The molecule has 0 radical (unpaired) electrons. The summed E-state index contributed by atoms with van der Waals surface area (Å²) in [5.74, 6) is -1.99. The monoisotopic (exact) mass is 568 g/mol. The Morgan fingerprint density at radius 1 is 1.08 bits per heavy atom. The molecule has 1 heterocycles. The Balaban J connectivity index is 1.54. The van der Waals surface area contributed by atoms with Crippen LogP contribution < -0.4 is 5.32 Å². The van der Waals surface area contributed by atoms with Gasteiger partial charge >= 0.3 is 6.18 Å². The first kappa shape index (κ1) is 28.1. The average molecular weight is 569 g/mol. The van der Waals surface area contributed by atoms with Crippen LogP contribution in [0.1, 0.15) is 47.6 Å². The standard InChI is InChI=1S/C27H25ClF4N2O3S/c1-16(2)17-6-9-20(10-7-17)38(36,37)34-13-12-21-19(15-34)8-11-23(28)26(21)33-24(35)14-18-4-3-5-22(25(18)29)27(30,31)32/h3-11,16H,12-15H2,1-2H3,(H,33,35). The van der Waals surface area contributed by atoms with Gasteiger partial charge in [0.2, 0.25) is 15.9 Å². The first-order valence-corrected chi connectivity index (χ1v) is 13.7. The van der Waals surface area contributed by atoms with Gasteiger partial charge in [0.25, 0.3) is 0 Å². The topological polar surface area (TPSA) is 66.5 Å². The number of anilines is 1. The number of sulfonamides is 1. The van der Waals surface area contributed by atoms with Crippen LogP contribution in [0.25, 0.3) is 0 Å². The van der Waals surface area contributed by atoms with Crippen LogP contribution in [0.5, 0.6) is 0 Å². The van der Waals surface area contributed by atoms with E-state index in [0.29, 0.717) is 17.2 Å². The molecule has 3 aromatic carbocycles. The number of benzene rings is 3. The van der Waals surface area contributed by atoms with E-state index >= 15 is 0 Å². The number of hydrogen-bond donors (Lipinski definition) is 1. The molecule has 202 valence electrons. The lowest BCUT2D eigenvalue weighted by Gasteiger charge is -2.30. The van der Waals surface area contributed by atoms with Crippen molar-refractivity contribution in [1.82, 2.24) is 4.31 Å². The lowest BCUT2D eigenvalue weighted by atomic mass is 9.98. The van der Waals surface area contributed by atoms with Crippen molar-refractivity contribution in [3.05, 3.63) is 93.3 Å². The molecule has 3 aromatic rings. The largest absolute Gasteiger partial charge is 0.419 e. The van der Waals surface area contributed by atoms with Crippen molar-refractivity contribution in [2.45, 2.75) is 50.2 Å². The average Bonchev–Trinajstić information content (AvgIpc) is 2.86. The molecule has 0 unspecified atom stereocenters. The molecular formula is C27H25ClF4N2O3S. The van der Waals surface area contributed by atoms with Crippen LogP contribution in [0.2, 0.25) is 5.02 Å². The molecule has 5 nitrogen and oxygen atoms in total. The minimum atomic E-state index is -4.89. The van der Waals surface area contributed by atoms with Gasteiger partial charge in [-0.2, -0.15) is 17.5 Å². The van der Waals surface area contributed by atoms with E-state index in [1.165, 1.54) is 10.4 Å². The van der Waals surface area contributed by atoms with E-state index in [0.717, 1.165) is 17.7 Å². The van der Waals surface area contributed by atoms with Crippen molar-refractivity contribution in [1.29, 1.82) is 0 Å². The molecule has 1 amide bonds. The third-order valence-electron chi connectivity index (χ3n) is 6.50. The van der Waals surface area contributed by atoms with Gasteiger partial charge in [-0.25, -0.2) is 12.8 Å². The number of alkyl halides is 3. The van der Waals surface area contributed by atoms with E-state index in [4.69, 9.17) is 11.6 Å². The Morgan fingerprint density at radius 2 is 1.76 bits per heavy atom. The summed E-state index contributed by atoms with van der Waals surface area (Å²) in [5.41, 5.74) is 0.658. The normalized spacial score (nSPS) is 14.4. The van der Waals surface area contributed by atoms with Gasteiger partial charge in [-0.05, 0) is 58.9 Å². The quantitative estimate of drug-likeness (QED) is 0.343. The SMILES string of the molecule is CC(C)c1ccc(S(=O)(=O)N2CCc3c(ccc(Cl)c3NC(=O)Cc3cccc(C(F)(F)F)c3F)C2)cc1. The number of carbonyl (C=O) groups is 1. The first-order chi connectivity index (χ1) is 17.8. The molecule has 1 N–H and O–H groups in total. The number of nitrogens with one attached hydrogen (secondary N) is 1. The highest BCUT2D eigenvalue weighted by atomic mass is 35.5. The minimum Gasteiger partial charge on any atom is -0.324 e. The molecule has 0 fully saturated rings. The van der Waals surface area contributed by atoms with Gasteiger partial charge in [-0.15, -0.1) is 0 Å². The number of carbonyl (C=O) groups excluding carboxylic acids is 1. The van der Waals surface area contributed by atoms with E-state index in [1.807, 2.05) is 13.8 Å². The maximum atomic E-state index is 14.4. The van der Waals surface area contributed by atoms with Gasteiger partial charge in [-0.1, -0.05) is 55.8 Å². The predicted molar refractivity (Wildman–Crippen MR) is 137 cm³/mol. The van der Waals surface area contributed by atoms with Crippen molar-refractivity contribution in [2.75, 3.05) is 11.9 Å². The summed E-state index contributed by atoms with van der Waals surface area (Å²) in [6, 6.07) is 12.7. The maximum Gasteiger partial charge on any atom is 0.419 e. The Labute approximate surface area is 223 Å². The zero-order chi connectivity index (χ0) is 27.8. The summed E-state index contributed by atoms with van der Waals surface area (Å²) < 4.78 is 81.3. The van der Waals surface area contributed by atoms with Gasteiger partial charge < -0.3 is 5.32 Å². The van der Waals surface area contributed by atoms with E-state index in [-0.39, 0.29) is 41.0 Å². The molecule has 38 heavy (non-hydrogen) atoms. The van der Waals surface area contributed by atoms with Crippen molar-refractivity contribution >= 4 is 33.2 Å². The molecule has 4 rings (SSSR count). The Kier molecular flexibility index (Phi) is 7.88. The van der Waals surface area contributed by atoms with Crippen LogP contribution in [0.3, 0.4) is 0 Å². The molecule has 1 aliphatic rings. The summed E-state index contributed by atoms with van der Waals surface area (Å²) in [5, 5.41) is 2.77. The minimum absolute atomic E-state index is 0.0475. The molecule has 11 heteroatoms. The summed E-state index contributed by atoms with van der Waals surface area (Å²) >= 11 is 6.32. The number of nitrogens with zero attached hydrogens (tertiary/aromatic N) is 1. The summed E-state index contributed by atoms with van der Waals surface area (Å²) in [7, 11) is -3.78. The van der Waals surface area contributed by atoms with E-state index in [1.54, 1.807) is 30.3 Å². The first-order valence-electron chi connectivity index (χ1n) is 11.8. The summed E-state index contributed by atoms with van der Waals surface area (Å²) in [4.78, 5) is 12.9. The zero-order valence-electron chi connectivity index (χ0n) is 20.6. The highest BCUT2D eigenvalue weighted by Crippen LogP contribution is 2.36. The second-order valence-electron chi connectivity index (χ2n) is 9.37. The Bertz CT molecular complexity index is 1470. The summed E-state index contributed by atoms with van der Waals surface area (Å²) in [6.07, 6.45) is -5.28. The Hall–Kier alpha value is -2.95. The molecule has 0 atom stereocenters. The fourth-order valence-electron chi connectivity index (χ4n) is 4.41. The van der Waals surface area contributed by atoms with Gasteiger partial charge in [0.15, 0.2) is 0 Å². The number of hydrogen-bond acceptors (Lipinski definition) is 3. The Morgan fingerprint density at radius 3 is 2.39 bits per heavy atom. The second kappa shape index (κ2) is 10.7. The molecular weight excluding hydrogens is 544 g/mol. The number of halogens is 5. The molecule has 0 aromatic heterocycles. The van der Waals surface area contributed by atoms with Crippen LogP contribution in [-0.2, 0) is 40.4 Å². The maximum absolute atomic E-state index is 14.4. The fraction of sp³-hybridized carbons (Fsp3) is 0.296. The molecule has 0 bridgehead atoms. The van der Waals surface area contributed by atoms with Crippen LogP contribution in [0, 0.1) is 5.82 Å². The van der Waals surface area contributed by atoms with Crippen molar-refractivity contribution in [3.8, 4) is 0 Å². The van der Waals surface area contributed by atoms with Gasteiger partial charge in [0, 0.05) is 13.1 Å². The third kappa shape index (κ3) is 5.72. The highest BCUT2D eigenvalue weighted by Gasteiger charge is 2.35.